The van der Waals surface area contributed by atoms with Crippen molar-refractivity contribution in [1.29, 1.82) is 0 Å². The molecule has 0 saturated carbocycles. The Bertz CT molecular complexity index is 1170. The number of hydrogen-bond acceptors (Lipinski definition) is 5. The lowest BCUT2D eigenvalue weighted by Gasteiger charge is -2.31. The first-order valence-electron chi connectivity index (χ1n) is 9.41. The summed E-state index contributed by atoms with van der Waals surface area (Å²) in [6.07, 6.45) is 0. The number of fused-ring (bicyclic) bond motifs is 3. The average molecular weight is 423 g/mol. The van der Waals surface area contributed by atoms with Gasteiger partial charge in [0.25, 0.3) is 5.91 Å². The lowest BCUT2D eigenvalue weighted by atomic mass is 10.00. The minimum Gasteiger partial charge on any atom is -0.508 e. The van der Waals surface area contributed by atoms with Crippen LogP contribution >= 0.6 is 11.3 Å². The van der Waals surface area contributed by atoms with Gasteiger partial charge in [-0.1, -0.05) is 0 Å². The third-order valence-electron chi connectivity index (χ3n) is 5.28. The largest absolute Gasteiger partial charge is 0.508 e. The standard InChI is InChI=1S/C22H22N4O3S/c1-22(2,3)25(5)21(27)19-15-11-29-17-10-18(28-6)16(23-4)9-14(17)20(15)26(24-19)13-7-8-30-12-13/h7-10,12H,11H2,1-3,5-6H3. The zero-order chi connectivity index (χ0) is 21.6. The lowest BCUT2D eigenvalue weighted by molar-refractivity contribution is 0.0646. The van der Waals surface area contributed by atoms with E-state index in [-0.39, 0.29) is 18.1 Å². The first-order chi connectivity index (χ1) is 14.3. The number of carbonyl (C=O) groups excluding carboxylic acids is 1. The molecule has 0 aliphatic carbocycles. The molecule has 0 unspecified atom stereocenters. The molecule has 8 heteroatoms. The average Bonchev–Trinajstić information content (AvgIpc) is 3.38. The molecule has 1 amide bonds. The highest BCUT2D eigenvalue weighted by Crippen LogP contribution is 2.46. The fourth-order valence-corrected chi connectivity index (χ4v) is 3.93. The van der Waals surface area contributed by atoms with E-state index >= 15 is 0 Å². The van der Waals surface area contributed by atoms with Gasteiger partial charge in [0.05, 0.1) is 25.1 Å². The molecule has 3 heterocycles. The van der Waals surface area contributed by atoms with Crippen LogP contribution in [0.2, 0.25) is 0 Å². The second-order valence-corrected chi connectivity index (χ2v) is 8.80. The summed E-state index contributed by atoms with van der Waals surface area (Å²) in [6, 6.07) is 5.42. The Kier molecular flexibility index (Phi) is 4.79. The summed E-state index contributed by atoms with van der Waals surface area (Å²) in [5.41, 5.74) is 3.46. The van der Waals surface area contributed by atoms with Crippen LogP contribution in [-0.2, 0) is 6.61 Å². The Labute approximate surface area is 179 Å². The molecule has 1 aromatic carbocycles. The second-order valence-electron chi connectivity index (χ2n) is 8.02. The van der Waals surface area contributed by atoms with Gasteiger partial charge in [0, 0.05) is 35.2 Å². The zero-order valence-electron chi connectivity index (χ0n) is 17.5. The van der Waals surface area contributed by atoms with E-state index in [0.29, 0.717) is 22.9 Å². The third kappa shape index (κ3) is 3.12. The van der Waals surface area contributed by atoms with Crippen LogP contribution in [0.25, 0.3) is 21.8 Å². The van der Waals surface area contributed by atoms with Crippen molar-refractivity contribution in [2.75, 3.05) is 14.2 Å². The molecule has 2 aromatic heterocycles. The highest BCUT2D eigenvalue weighted by atomic mass is 32.1. The Hall–Kier alpha value is -3.31. The van der Waals surface area contributed by atoms with E-state index in [2.05, 4.69) is 4.85 Å². The quantitative estimate of drug-likeness (QED) is 0.562. The lowest BCUT2D eigenvalue weighted by Crippen LogP contribution is -2.43. The summed E-state index contributed by atoms with van der Waals surface area (Å²) in [7, 11) is 3.30. The van der Waals surface area contributed by atoms with Gasteiger partial charge < -0.3 is 14.4 Å². The van der Waals surface area contributed by atoms with Gasteiger partial charge in [-0.2, -0.15) is 16.4 Å². The van der Waals surface area contributed by atoms with Crippen LogP contribution in [0.15, 0.2) is 29.0 Å². The van der Waals surface area contributed by atoms with Crippen LogP contribution in [0.1, 0.15) is 36.8 Å². The van der Waals surface area contributed by atoms with Gasteiger partial charge in [-0.25, -0.2) is 9.53 Å². The van der Waals surface area contributed by atoms with Gasteiger partial charge in [-0.15, -0.1) is 0 Å². The zero-order valence-corrected chi connectivity index (χ0v) is 18.3. The van der Waals surface area contributed by atoms with Crippen molar-refractivity contribution < 1.29 is 14.3 Å². The maximum absolute atomic E-state index is 13.3. The van der Waals surface area contributed by atoms with Crippen LogP contribution in [0, 0.1) is 6.57 Å². The maximum atomic E-state index is 13.3. The van der Waals surface area contributed by atoms with Gasteiger partial charge in [0.1, 0.15) is 18.1 Å². The normalized spacial score (nSPS) is 12.4. The van der Waals surface area contributed by atoms with Gasteiger partial charge in [-0.3, -0.25) is 4.79 Å². The van der Waals surface area contributed by atoms with E-state index in [1.165, 1.54) is 7.11 Å². The molecule has 1 aliphatic rings. The Morgan fingerprint density at radius 2 is 2.17 bits per heavy atom. The molecule has 0 atom stereocenters. The van der Waals surface area contributed by atoms with E-state index in [4.69, 9.17) is 21.1 Å². The van der Waals surface area contributed by atoms with Crippen LogP contribution in [0.5, 0.6) is 11.5 Å². The molecule has 0 radical (unpaired) electrons. The van der Waals surface area contributed by atoms with E-state index in [1.807, 2.05) is 37.6 Å². The van der Waals surface area contributed by atoms with Crippen molar-refractivity contribution in [3.05, 3.63) is 51.6 Å². The highest BCUT2D eigenvalue weighted by Gasteiger charge is 2.34. The highest BCUT2D eigenvalue weighted by molar-refractivity contribution is 7.08. The van der Waals surface area contributed by atoms with Crippen LogP contribution < -0.4 is 9.47 Å². The number of hydrogen-bond donors (Lipinski definition) is 0. The first kappa shape index (κ1) is 20.0. The molecule has 0 N–H and O–H groups in total. The molecule has 0 bridgehead atoms. The van der Waals surface area contributed by atoms with E-state index in [0.717, 1.165) is 22.5 Å². The van der Waals surface area contributed by atoms with Crippen molar-refractivity contribution >= 4 is 22.9 Å². The minimum absolute atomic E-state index is 0.168. The summed E-state index contributed by atoms with van der Waals surface area (Å²) in [4.78, 5) is 18.6. The maximum Gasteiger partial charge on any atom is 0.274 e. The van der Waals surface area contributed by atoms with E-state index in [9.17, 15) is 4.79 Å². The van der Waals surface area contributed by atoms with Crippen molar-refractivity contribution in [3.8, 4) is 28.4 Å². The summed E-state index contributed by atoms with van der Waals surface area (Å²) in [6.45, 7) is 13.7. The molecule has 4 rings (SSSR count). The molecule has 0 spiro atoms. The van der Waals surface area contributed by atoms with Gasteiger partial charge in [-0.05, 0) is 38.3 Å². The number of carbonyl (C=O) groups is 1. The van der Waals surface area contributed by atoms with Crippen molar-refractivity contribution in [1.82, 2.24) is 14.7 Å². The minimum atomic E-state index is -0.353. The Morgan fingerprint density at radius 3 is 2.77 bits per heavy atom. The van der Waals surface area contributed by atoms with Crippen molar-refractivity contribution in [3.63, 3.8) is 0 Å². The summed E-state index contributed by atoms with van der Waals surface area (Å²) in [5.74, 6) is 0.891. The van der Waals surface area contributed by atoms with Gasteiger partial charge >= 0.3 is 0 Å². The third-order valence-corrected chi connectivity index (χ3v) is 5.95. The molecular weight excluding hydrogens is 400 g/mol. The van der Waals surface area contributed by atoms with E-state index in [1.54, 1.807) is 40.1 Å². The summed E-state index contributed by atoms with van der Waals surface area (Å²) >= 11 is 1.55. The molecule has 0 fully saturated rings. The molecule has 0 saturated heterocycles. The van der Waals surface area contributed by atoms with Crippen molar-refractivity contribution in [2.24, 2.45) is 0 Å². The van der Waals surface area contributed by atoms with Crippen LogP contribution in [-0.4, -0.2) is 40.3 Å². The monoisotopic (exact) mass is 422 g/mol. The SMILES string of the molecule is [C-]#[N+]c1cc2c(cc1OC)OCc1c(C(=O)N(C)C(C)(C)C)nn(-c3ccsc3)c1-2. The molecule has 3 aromatic rings. The van der Waals surface area contributed by atoms with Crippen LogP contribution in [0.3, 0.4) is 0 Å². The molecule has 1 aliphatic heterocycles. The number of rotatable bonds is 3. The van der Waals surface area contributed by atoms with Crippen LogP contribution in [0.4, 0.5) is 5.69 Å². The fourth-order valence-electron chi connectivity index (χ4n) is 3.32. The number of amides is 1. The predicted molar refractivity (Wildman–Crippen MR) is 116 cm³/mol. The molecule has 7 nitrogen and oxygen atoms in total. The smallest absolute Gasteiger partial charge is 0.274 e. The number of nitrogens with zero attached hydrogens (tertiary/aromatic N) is 4. The first-order valence-corrected chi connectivity index (χ1v) is 10.4. The molecular formula is C22H22N4O3S. The Balaban J connectivity index is 1.97. The topological polar surface area (TPSA) is 61.0 Å². The van der Waals surface area contributed by atoms with Gasteiger partial charge in [0.15, 0.2) is 5.69 Å². The van der Waals surface area contributed by atoms with E-state index < -0.39 is 0 Å². The summed E-state index contributed by atoms with van der Waals surface area (Å²) in [5, 5.41) is 8.65. The number of benzene rings is 1. The number of methoxy groups -OCH3 is 1. The van der Waals surface area contributed by atoms with Gasteiger partial charge in [0.2, 0.25) is 5.69 Å². The number of aromatic nitrogens is 2. The summed E-state index contributed by atoms with van der Waals surface area (Å²) < 4.78 is 13.1. The molecule has 154 valence electrons. The second kappa shape index (κ2) is 7.18. The number of ether oxygens (including phenoxy) is 2. The fraction of sp³-hybridized carbons (Fsp3) is 0.318. The molecule has 30 heavy (non-hydrogen) atoms. The number of thiophene rings is 1. The predicted octanol–water partition coefficient (Wildman–Crippen LogP) is 4.92. The van der Waals surface area contributed by atoms with Crippen molar-refractivity contribution in [2.45, 2.75) is 32.9 Å². The Morgan fingerprint density at radius 1 is 1.40 bits per heavy atom.